The van der Waals surface area contributed by atoms with Crippen LogP contribution in [0, 0.1) is 12.7 Å². The van der Waals surface area contributed by atoms with Crippen LogP contribution in [0.25, 0.3) is 11.4 Å². The number of anilines is 2. The van der Waals surface area contributed by atoms with E-state index in [1.807, 2.05) is 11.8 Å². The van der Waals surface area contributed by atoms with E-state index >= 15 is 0 Å². The average molecular weight is 687 g/mol. The van der Waals surface area contributed by atoms with Gasteiger partial charge in [-0.15, -0.1) is 37.2 Å². The van der Waals surface area contributed by atoms with Crippen LogP contribution in [0.5, 0.6) is 5.75 Å². The Hall–Kier alpha value is -3.17. The second kappa shape index (κ2) is 16.8. The van der Waals surface area contributed by atoms with Crippen molar-refractivity contribution in [1.29, 1.82) is 0 Å². The number of aromatic nitrogens is 3. The summed E-state index contributed by atoms with van der Waals surface area (Å²) in [7, 11) is 0. The van der Waals surface area contributed by atoms with Crippen LogP contribution in [0.2, 0.25) is 0 Å². The summed E-state index contributed by atoms with van der Waals surface area (Å²) in [5, 5.41) is 4.60. The van der Waals surface area contributed by atoms with E-state index in [1.54, 1.807) is 13.8 Å². The Morgan fingerprint density at radius 1 is 1.02 bits per heavy atom. The number of aryl methyl sites for hydroxylation is 1. The maximum atomic E-state index is 14.9. The molecule has 3 heterocycles. The largest absolute Gasteiger partial charge is 0.493 e. The van der Waals surface area contributed by atoms with Crippen LogP contribution in [0.3, 0.4) is 0 Å². The summed E-state index contributed by atoms with van der Waals surface area (Å²) in [6, 6.07) is 1.73. The van der Waals surface area contributed by atoms with E-state index in [0.717, 1.165) is 25.7 Å². The Balaban J connectivity index is 0.00000323. The molecule has 4 rings (SSSR count). The van der Waals surface area contributed by atoms with Gasteiger partial charge in [-0.3, -0.25) is 9.69 Å². The maximum absolute atomic E-state index is 14.9. The minimum Gasteiger partial charge on any atom is -0.493 e. The van der Waals surface area contributed by atoms with E-state index in [1.165, 1.54) is 18.5 Å². The van der Waals surface area contributed by atoms with E-state index in [9.17, 15) is 27.2 Å². The molecule has 1 aliphatic heterocycles. The molecule has 3 N–H and O–H groups in total. The second-order valence-electron chi connectivity index (χ2n) is 9.48. The minimum atomic E-state index is -4.75. The number of carbonyl (C=O) groups is 1. The number of H-pyrrole nitrogens is 1. The smallest absolute Gasteiger partial charge is 0.416 e. The van der Waals surface area contributed by atoms with Crippen molar-refractivity contribution in [1.82, 2.24) is 24.8 Å². The van der Waals surface area contributed by atoms with Gasteiger partial charge in [0.15, 0.2) is 5.82 Å². The van der Waals surface area contributed by atoms with Gasteiger partial charge < -0.3 is 25.3 Å². The first-order chi connectivity index (χ1) is 19.5. The van der Waals surface area contributed by atoms with Crippen molar-refractivity contribution in [3.8, 4) is 17.1 Å². The lowest BCUT2D eigenvalue weighted by Gasteiger charge is -2.34. The number of hydrogen-bond donors (Lipinski definition) is 3. The lowest BCUT2D eigenvalue weighted by molar-refractivity contribution is -0.138. The molecule has 44 heavy (non-hydrogen) atoms. The summed E-state index contributed by atoms with van der Waals surface area (Å²) in [5.41, 5.74) is -1.31. The van der Waals surface area contributed by atoms with E-state index in [-0.39, 0.29) is 72.1 Å². The number of ether oxygens (including phenoxy) is 1. The third kappa shape index (κ3) is 9.66. The average Bonchev–Trinajstić information content (AvgIpc) is 2.91. The SMILES string of the molecule is CCOc1cc(=O)[nH]cc1-c1ncc(NC(=O)Nc2cc(C(F)(F)F)c(CN3CCN(CC)CC3)cc2F)c(C)n1.Cl.Cl.Cl. The zero-order chi connectivity index (χ0) is 29.7. The first-order valence-corrected chi connectivity index (χ1v) is 13.1. The molecule has 0 atom stereocenters. The Kier molecular flexibility index (Phi) is 14.8. The highest BCUT2D eigenvalue weighted by atomic mass is 35.5. The first-order valence-electron chi connectivity index (χ1n) is 13.1. The van der Waals surface area contributed by atoms with Crippen molar-refractivity contribution >= 4 is 54.6 Å². The zero-order valence-corrected chi connectivity index (χ0v) is 26.5. The molecule has 10 nitrogen and oxygen atoms in total. The monoisotopic (exact) mass is 685 g/mol. The van der Waals surface area contributed by atoms with Gasteiger partial charge in [0, 0.05) is 45.0 Å². The third-order valence-corrected chi connectivity index (χ3v) is 6.71. The van der Waals surface area contributed by atoms with E-state index in [0.29, 0.717) is 37.0 Å². The number of pyridine rings is 1. The number of rotatable bonds is 8. The van der Waals surface area contributed by atoms with Crippen LogP contribution in [0.1, 0.15) is 30.7 Å². The zero-order valence-electron chi connectivity index (χ0n) is 24.1. The lowest BCUT2D eigenvalue weighted by Crippen LogP contribution is -2.45. The highest BCUT2D eigenvalue weighted by Crippen LogP contribution is 2.36. The summed E-state index contributed by atoms with van der Waals surface area (Å²) in [4.78, 5) is 39.4. The fourth-order valence-corrected chi connectivity index (χ4v) is 4.51. The number of halogens is 7. The van der Waals surface area contributed by atoms with Crippen molar-refractivity contribution in [2.75, 3.05) is 50.0 Å². The number of alkyl halides is 3. The van der Waals surface area contributed by atoms with E-state index < -0.39 is 29.3 Å². The predicted molar refractivity (Wildman–Crippen MR) is 167 cm³/mol. The lowest BCUT2D eigenvalue weighted by atomic mass is 10.0. The van der Waals surface area contributed by atoms with Crippen molar-refractivity contribution in [3.05, 3.63) is 63.6 Å². The van der Waals surface area contributed by atoms with Crippen molar-refractivity contribution in [2.24, 2.45) is 0 Å². The third-order valence-electron chi connectivity index (χ3n) is 6.71. The summed E-state index contributed by atoms with van der Waals surface area (Å²) >= 11 is 0. The van der Waals surface area contributed by atoms with Crippen molar-refractivity contribution in [2.45, 2.75) is 33.5 Å². The Morgan fingerprint density at radius 3 is 2.25 bits per heavy atom. The number of carbonyl (C=O) groups excluding carboxylic acids is 1. The van der Waals surface area contributed by atoms with Crippen LogP contribution >= 0.6 is 37.2 Å². The summed E-state index contributed by atoms with van der Waals surface area (Å²) < 4.78 is 62.2. The number of aromatic amines is 1. The number of piperazine rings is 1. The summed E-state index contributed by atoms with van der Waals surface area (Å²) in [5.74, 6) is -0.502. The van der Waals surface area contributed by atoms with Crippen LogP contribution < -0.4 is 20.9 Å². The second-order valence-corrected chi connectivity index (χ2v) is 9.48. The number of nitrogens with zero attached hydrogens (tertiary/aromatic N) is 4. The quantitative estimate of drug-likeness (QED) is 0.259. The number of benzene rings is 1. The Morgan fingerprint density at radius 2 is 1.66 bits per heavy atom. The molecule has 1 aliphatic rings. The van der Waals surface area contributed by atoms with Crippen molar-refractivity contribution in [3.63, 3.8) is 0 Å². The standard InChI is InChI=1S/C27H31F4N7O3.3ClH/c1-4-37-6-8-38(9-7-37)15-17-10-20(28)21(11-19(17)27(29,30)31)35-26(40)36-22-14-33-25(34-16(22)3)18-13-32-24(39)12-23(18)41-5-2;;;/h10-14H,4-9,15H2,1-3H3,(H,32,39)(H2,35,36,40);3*1H. The predicted octanol–water partition coefficient (Wildman–Crippen LogP) is 5.74. The molecule has 1 aromatic carbocycles. The summed E-state index contributed by atoms with van der Waals surface area (Å²) in [6.45, 7) is 9.05. The van der Waals surface area contributed by atoms with Gasteiger partial charge in [-0.05, 0) is 38.1 Å². The molecule has 0 unspecified atom stereocenters. The van der Waals surface area contributed by atoms with Gasteiger partial charge in [-0.25, -0.2) is 19.2 Å². The fraction of sp³-hybridized carbons (Fsp3) is 0.407. The van der Waals surface area contributed by atoms with Crippen LogP contribution in [-0.2, 0) is 12.7 Å². The minimum absolute atomic E-state index is 0. The van der Waals surface area contributed by atoms with Gasteiger partial charge in [-0.2, -0.15) is 13.2 Å². The normalized spacial score (nSPS) is 13.6. The molecule has 0 bridgehead atoms. The van der Waals surface area contributed by atoms with Crippen LogP contribution in [0.4, 0.5) is 33.7 Å². The van der Waals surface area contributed by atoms with Gasteiger partial charge in [-0.1, -0.05) is 6.92 Å². The number of nitrogens with one attached hydrogen (secondary N) is 3. The molecule has 1 fully saturated rings. The molecule has 0 radical (unpaired) electrons. The number of urea groups is 1. The number of likely N-dealkylation sites (N-methyl/N-ethyl adjacent to an activating group) is 1. The van der Waals surface area contributed by atoms with Gasteiger partial charge in [0.1, 0.15) is 11.6 Å². The number of hydrogen-bond acceptors (Lipinski definition) is 7. The highest BCUT2D eigenvalue weighted by molar-refractivity contribution is 6.00. The molecule has 1 saturated heterocycles. The number of amides is 2. The topological polar surface area (TPSA) is 115 Å². The molecule has 17 heteroatoms. The molecule has 2 aromatic heterocycles. The molecule has 3 aromatic rings. The molecular weight excluding hydrogens is 653 g/mol. The Labute approximate surface area is 270 Å². The summed E-state index contributed by atoms with van der Waals surface area (Å²) in [6.07, 6.45) is -2.06. The molecule has 0 saturated carbocycles. The Bertz CT molecular complexity index is 1470. The first kappa shape index (κ1) is 38.9. The van der Waals surface area contributed by atoms with E-state index in [4.69, 9.17) is 4.74 Å². The highest BCUT2D eigenvalue weighted by Gasteiger charge is 2.35. The van der Waals surface area contributed by atoms with Gasteiger partial charge in [0.05, 0.1) is 41.0 Å². The van der Waals surface area contributed by atoms with E-state index in [2.05, 4.69) is 30.5 Å². The molecule has 244 valence electrons. The van der Waals surface area contributed by atoms with Gasteiger partial charge in [0.2, 0.25) is 0 Å². The molecule has 0 spiro atoms. The molecule has 2 amide bonds. The van der Waals surface area contributed by atoms with Gasteiger partial charge in [0.25, 0.3) is 5.56 Å². The van der Waals surface area contributed by atoms with Gasteiger partial charge >= 0.3 is 12.2 Å². The molecular formula is C27H34Cl3F4N7O3. The van der Waals surface area contributed by atoms with Crippen LogP contribution in [0.15, 0.2) is 35.4 Å². The fourth-order valence-electron chi connectivity index (χ4n) is 4.51. The van der Waals surface area contributed by atoms with Crippen LogP contribution in [-0.4, -0.2) is 70.1 Å². The maximum Gasteiger partial charge on any atom is 0.416 e. The molecule has 0 aliphatic carbocycles. The van der Waals surface area contributed by atoms with Crippen molar-refractivity contribution < 1.29 is 27.1 Å².